The highest BCUT2D eigenvalue weighted by molar-refractivity contribution is 7.85. The molecule has 1 saturated carbocycles. The molecule has 0 aromatic rings. The van der Waals surface area contributed by atoms with Crippen LogP contribution >= 0.6 is 0 Å². The second kappa shape index (κ2) is 11.8. The standard InChI is InChI=1S/C17H33F3N4OS/c1-4-21-16(22-10-7-11-24(3)13-17(18,19)20)23-14-8-6-9-15(12-14)26(25)5-2/h14-15H,4-13H2,1-3H3,(H2,21,22,23). The zero-order valence-corrected chi connectivity index (χ0v) is 16.9. The Morgan fingerprint density at radius 2 is 2.04 bits per heavy atom. The second-order valence-corrected chi connectivity index (χ2v) is 8.77. The van der Waals surface area contributed by atoms with Crippen LogP contribution in [0.4, 0.5) is 13.2 Å². The van der Waals surface area contributed by atoms with Crippen molar-refractivity contribution in [3.8, 4) is 0 Å². The van der Waals surface area contributed by atoms with Crippen LogP contribution in [0.15, 0.2) is 4.99 Å². The summed E-state index contributed by atoms with van der Waals surface area (Å²) in [6.45, 7) is 4.57. The van der Waals surface area contributed by atoms with Gasteiger partial charge in [0, 0.05) is 40.9 Å². The number of halogens is 3. The summed E-state index contributed by atoms with van der Waals surface area (Å²) in [5.74, 6) is 1.38. The molecule has 0 bridgehead atoms. The van der Waals surface area contributed by atoms with E-state index in [-0.39, 0.29) is 11.3 Å². The number of rotatable bonds is 9. The van der Waals surface area contributed by atoms with Gasteiger partial charge < -0.3 is 10.6 Å². The fraction of sp³-hybridized carbons (Fsp3) is 0.941. The van der Waals surface area contributed by atoms with E-state index in [9.17, 15) is 17.4 Å². The zero-order chi connectivity index (χ0) is 19.6. The topological polar surface area (TPSA) is 56.7 Å². The average Bonchev–Trinajstić information content (AvgIpc) is 2.56. The smallest absolute Gasteiger partial charge is 0.357 e. The van der Waals surface area contributed by atoms with Crippen molar-refractivity contribution in [3.05, 3.63) is 0 Å². The number of aliphatic imine (C=N–C) groups is 1. The van der Waals surface area contributed by atoms with Crippen LogP contribution in [0, 0.1) is 0 Å². The van der Waals surface area contributed by atoms with Crippen molar-refractivity contribution >= 4 is 16.8 Å². The van der Waals surface area contributed by atoms with Crippen molar-refractivity contribution in [3.63, 3.8) is 0 Å². The quantitative estimate of drug-likeness (QED) is 0.356. The molecule has 0 heterocycles. The number of guanidine groups is 1. The third-order valence-electron chi connectivity index (χ3n) is 4.38. The van der Waals surface area contributed by atoms with Gasteiger partial charge in [-0.05, 0) is 46.2 Å². The summed E-state index contributed by atoms with van der Waals surface area (Å²) in [7, 11) is 0.698. The Morgan fingerprint density at radius 3 is 2.65 bits per heavy atom. The Hall–Kier alpha value is -0.830. The highest BCUT2D eigenvalue weighted by Gasteiger charge is 2.29. The first kappa shape index (κ1) is 23.2. The molecule has 0 aliphatic heterocycles. The summed E-state index contributed by atoms with van der Waals surface area (Å²) < 4.78 is 49.0. The molecule has 0 aromatic carbocycles. The van der Waals surface area contributed by atoms with Gasteiger partial charge in [0.1, 0.15) is 0 Å². The van der Waals surface area contributed by atoms with Crippen LogP contribution in [0.1, 0.15) is 46.0 Å². The van der Waals surface area contributed by atoms with E-state index >= 15 is 0 Å². The Kier molecular flexibility index (Phi) is 10.5. The van der Waals surface area contributed by atoms with Gasteiger partial charge in [-0.15, -0.1) is 0 Å². The number of nitrogens with zero attached hydrogens (tertiary/aromatic N) is 2. The van der Waals surface area contributed by atoms with Crippen molar-refractivity contribution < 1.29 is 17.4 Å². The molecule has 0 spiro atoms. The molecular weight excluding hydrogens is 365 g/mol. The first-order valence-corrected chi connectivity index (χ1v) is 10.8. The summed E-state index contributed by atoms with van der Waals surface area (Å²) in [4.78, 5) is 5.74. The lowest BCUT2D eigenvalue weighted by Crippen LogP contribution is -2.46. The maximum absolute atomic E-state index is 12.3. The molecule has 3 unspecified atom stereocenters. The molecule has 1 aliphatic carbocycles. The van der Waals surface area contributed by atoms with Crippen LogP contribution in [0.5, 0.6) is 0 Å². The molecule has 5 nitrogen and oxygen atoms in total. The summed E-state index contributed by atoms with van der Waals surface area (Å²) in [6, 6.07) is 0.245. The lowest BCUT2D eigenvalue weighted by Gasteiger charge is -2.30. The Labute approximate surface area is 157 Å². The van der Waals surface area contributed by atoms with E-state index in [1.807, 2.05) is 13.8 Å². The Morgan fingerprint density at radius 1 is 1.31 bits per heavy atom. The van der Waals surface area contributed by atoms with Gasteiger partial charge >= 0.3 is 6.18 Å². The van der Waals surface area contributed by atoms with Gasteiger partial charge in [-0.3, -0.25) is 14.1 Å². The fourth-order valence-electron chi connectivity index (χ4n) is 3.18. The Bertz CT molecular complexity index is 460. The zero-order valence-electron chi connectivity index (χ0n) is 16.1. The van der Waals surface area contributed by atoms with Crippen molar-refractivity contribution in [1.29, 1.82) is 0 Å². The molecule has 0 aromatic heterocycles. The minimum Gasteiger partial charge on any atom is -0.357 e. The van der Waals surface area contributed by atoms with E-state index in [4.69, 9.17) is 0 Å². The maximum Gasteiger partial charge on any atom is 0.401 e. The molecule has 3 atom stereocenters. The highest BCUT2D eigenvalue weighted by atomic mass is 32.2. The molecule has 0 amide bonds. The Balaban J connectivity index is 2.44. The average molecular weight is 399 g/mol. The van der Waals surface area contributed by atoms with E-state index in [0.717, 1.165) is 32.2 Å². The van der Waals surface area contributed by atoms with Crippen LogP contribution in [0.3, 0.4) is 0 Å². The molecular formula is C17H33F3N4OS. The number of alkyl halides is 3. The van der Waals surface area contributed by atoms with Crippen LogP contribution in [0.2, 0.25) is 0 Å². The monoisotopic (exact) mass is 398 g/mol. The van der Waals surface area contributed by atoms with Crippen LogP contribution < -0.4 is 10.6 Å². The van der Waals surface area contributed by atoms with Crippen molar-refractivity contribution in [1.82, 2.24) is 15.5 Å². The molecule has 9 heteroatoms. The molecule has 1 fully saturated rings. The van der Waals surface area contributed by atoms with E-state index in [2.05, 4.69) is 15.6 Å². The predicted octanol–water partition coefficient (Wildman–Crippen LogP) is 2.51. The third kappa shape index (κ3) is 9.75. The fourth-order valence-corrected chi connectivity index (χ4v) is 4.53. The molecule has 1 aliphatic rings. The molecule has 1 rings (SSSR count). The maximum atomic E-state index is 12.3. The molecule has 154 valence electrons. The minimum atomic E-state index is -4.16. The highest BCUT2D eigenvalue weighted by Crippen LogP contribution is 2.23. The van der Waals surface area contributed by atoms with Crippen molar-refractivity contribution in [2.24, 2.45) is 4.99 Å². The van der Waals surface area contributed by atoms with Gasteiger partial charge in [0.2, 0.25) is 0 Å². The van der Waals surface area contributed by atoms with E-state index in [1.165, 1.54) is 11.9 Å². The van der Waals surface area contributed by atoms with E-state index < -0.39 is 23.5 Å². The lowest BCUT2D eigenvalue weighted by atomic mass is 9.95. The lowest BCUT2D eigenvalue weighted by molar-refractivity contribution is -0.143. The normalized spacial score (nSPS) is 23.1. The summed E-state index contributed by atoms with van der Waals surface area (Å²) >= 11 is 0. The van der Waals surface area contributed by atoms with Gasteiger partial charge in [0.15, 0.2) is 5.96 Å². The third-order valence-corrected chi connectivity index (χ3v) is 6.13. The SMILES string of the molecule is CCNC(=NCCCN(C)CC(F)(F)F)NC1CCCC(S(=O)CC)C1. The number of hydrogen-bond donors (Lipinski definition) is 2. The van der Waals surface area contributed by atoms with Gasteiger partial charge in [0.05, 0.1) is 6.54 Å². The summed E-state index contributed by atoms with van der Waals surface area (Å²) in [5.41, 5.74) is 0. The van der Waals surface area contributed by atoms with Gasteiger partial charge in [0.25, 0.3) is 0 Å². The summed E-state index contributed by atoms with van der Waals surface area (Å²) in [6.07, 6.45) is 0.365. The second-order valence-electron chi connectivity index (χ2n) is 6.77. The van der Waals surface area contributed by atoms with Gasteiger partial charge in [-0.25, -0.2) is 0 Å². The van der Waals surface area contributed by atoms with E-state index in [1.54, 1.807) is 0 Å². The first-order valence-electron chi connectivity index (χ1n) is 9.42. The molecule has 0 radical (unpaired) electrons. The van der Waals surface area contributed by atoms with E-state index in [0.29, 0.717) is 31.2 Å². The summed E-state index contributed by atoms with van der Waals surface area (Å²) in [5, 5.41) is 6.83. The van der Waals surface area contributed by atoms with Crippen molar-refractivity contribution in [2.75, 3.05) is 39.0 Å². The molecule has 0 saturated heterocycles. The molecule has 2 N–H and O–H groups in total. The molecule has 26 heavy (non-hydrogen) atoms. The first-order chi connectivity index (χ1) is 12.2. The largest absolute Gasteiger partial charge is 0.401 e. The van der Waals surface area contributed by atoms with Gasteiger partial charge in [-0.2, -0.15) is 13.2 Å². The minimum absolute atomic E-state index is 0.241. The predicted molar refractivity (Wildman–Crippen MR) is 102 cm³/mol. The van der Waals surface area contributed by atoms with Crippen LogP contribution in [0.25, 0.3) is 0 Å². The van der Waals surface area contributed by atoms with Crippen LogP contribution in [-0.4, -0.2) is 71.5 Å². The van der Waals surface area contributed by atoms with Crippen LogP contribution in [-0.2, 0) is 10.8 Å². The number of nitrogens with one attached hydrogen (secondary N) is 2. The van der Waals surface area contributed by atoms with Gasteiger partial charge in [-0.1, -0.05) is 13.3 Å². The van der Waals surface area contributed by atoms with Crippen molar-refractivity contribution in [2.45, 2.75) is 63.4 Å². The number of hydrogen-bond acceptors (Lipinski definition) is 3.